The minimum absolute atomic E-state index is 0.279. The van der Waals surface area contributed by atoms with Crippen LogP contribution in [-0.2, 0) is 5.60 Å². The lowest BCUT2D eigenvalue weighted by Gasteiger charge is -2.45. The van der Waals surface area contributed by atoms with Gasteiger partial charge in [0.1, 0.15) is 5.60 Å². The Labute approximate surface area is 138 Å². The van der Waals surface area contributed by atoms with Crippen molar-refractivity contribution in [2.45, 2.75) is 43.4 Å². The first-order valence-corrected chi connectivity index (χ1v) is 8.75. The van der Waals surface area contributed by atoms with Gasteiger partial charge >= 0.3 is 0 Å². The quantitative estimate of drug-likeness (QED) is 0.932. The zero-order chi connectivity index (χ0) is 15.9. The molecular weight excluding hydrogens is 282 g/mol. The first-order chi connectivity index (χ1) is 11.2. The molecule has 0 aliphatic carbocycles. The zero-order valence-electron chi connectivity index (χ0n) is 13.7. The smallest absolute Gasteiger partial charge is 0.118 e. The van der Waals surface area contributed by atoms with E-state index in [1.54, 1.807) is 0 Å². The second-order valence-corrected chi connectivity index (χ2v) is 7.22. The average Bonchev–Trinajstić information content (AvgIpc) is 2.83. The fraction of sp³-hybridized carbons (Fsp3) is 0.429. The summed E-state index contributed by atoms with van der Waals surface area (Å²) >= 11 is 0. The summed E-state index contributed by atoms with van der Waals surface area (Å²) in [5.74, 6) is 0.279. The van der Waals surface area contributed by atoms with Gasteiger partial charge in [0.2, 0.25) is 0 Å². The van der Waals surface area contributed by atoms with Crippen molar-refractivity contribution < 1.29 is 5.11 Å². The zero-order valence-corrected chi connectivity index (χ0v) is 13.7. The van der Waals surface area contributed by atoms with E-state index in [9.17, 15) is 5.11 Å². The molecule has 1 N–H and O–H groups in total. The number of nitrogens with zero attached hydrogens (tertiary/aromatic N) is 1. The van der Waals surface area contributed by atoms with E-state index in [0.717, 1.165) is 24.0 Å². The SMILES string of the molecule is CN1[C@@H]2CC[C@H]1CC(C(O)(c1ccccc1)c1ccccc1)C2. The molecule has 0 spiro atoms. The minimum atomic E-state index is -0.884. The summed E-state index contributed by atoms with van der Waals surface area (Å²) in [7, 11) is 2.25. The van der Waals surface area contributed by atoms with Crippen molar-refractivity contribution >= 4 is 0 Å². The lowest BCUT2D eigenvalue weighted by molar-refractivity contribution is -0.0287. The van der Waals surface area contributed by atoms with Crippen molar-refractivity contribution in [3.63, 3.8) is 0 Å². The molecule has 0 amide bonds. The Kier molecular flexibility index (Phi) is 3.74. The molecule has 1 unspecified atom stereocenters. The number of hydrogen-bond acceptors (Lipinski definition) is 2. The third-order valence-corrected chi connectivity index (χ3v) is 6.12. The monoisotopic (exact) mass is 307 g/mol. The highest BCUT2D eigenvalue weighted by molar-refractivity contribution is 5.37. The lowest BCUT2D eigenvalue weighted by Crippen LogP contribution is -2.47. The lowest BCUT2D eigenvalue weighted by atomic mass is 9.70. The van der Waals surface area contributed by atoms with Gasteiger partial charge in [0.05, 0.1) is 0 Å². The van der Waals surface area contributed by atoms with Crippen molar-refractivity contribution in [3.05, 3.63) is 71.8 Å². The van der Waals surface area contributed by atoms with Crippen LogP contribution in [0, 0.1) is 5.92 Å². The molecule has 0 saturated carbocycles. The molecule has 2 heteroatoms. The van der Waals surface area contributed by atoms with E-state index < -0.39 is 5.60 Å². The van der Waals surface area contributed by atoms with E-state index in [4.69, 9.17) is 0 Å². The molecule has 2 aromatic rings. The molecule has 0 radical (unpaired) electrons. The molecule has 120 valence electrons. The maximum atomic E-state index is 11.9. The predicted octanol–water partition coefficient (Wildman–Crippen LogP) is 3.80. The first kappa shape index (κ1) is 14.9. The second kappa shape index (κ2) is 5.77. The fourth-order valence-electron chi connectivity index (χ4n) is 4.78. The molecule has 2 aliphatic rings. The van der Waals surface area contributed by atoms with Crippen LogP contribution < -0.4 is 0 Å². The number of rotatable bonds is 3. The molecule has 4 rings (SSSR count). The molecule has 2 aliphatic heterocycles. The van der Waals surface area contributed by atoms with Gasteiger partial charge in [-0.15, -0.1) is 0 Å². The van der Waals surface area contributed by atoms with Crippen molar-refractivity contribution in [3.8, 4) is 0 Å². The molecule has 3 atom stereocenters. The van der Waals surface area contributed by atoms with Gasteiger partial charge in [-0.1, -0.05) is 60.7 Å². The van der Waals surface area contributed by atoms with Gasteiger partial charge in [0.25, 0.3) is 0 Å². The highest BCUT2D eigenvalue weighted by Crippen LogP contribution is 2.48. The maximum Gasteiger partial charge on any atom is 0.118 e. The number of fused-ring (bicyclic) bond motifs is 2. The first-order valence-electron chi connectivity index (χ1n) is 8.75. The summed E-state index contributed by atoms with van der Waals surface area (Å²) in [4.78, 5) is 2.53. The van der Waals surface area contributed by atoms with Gasteiger partial charge in [-0.2, -0.15) is 0 Å². The summed E-state index contributed by atoms with van der Waals surface area (Å²) in [6.45, 7) is 0. The predicted molar refractivity (Wildman–Crippen MR) is 93.2 cm³/mol. The molecule has 2 bridgehead atoms. The van der Waals surface area contributed by atoms with Crippen molar-refractivity contribution in [1.82, 2.24) is 4.90 Å². The number of aliphatic hydroxyl groups is 1. The van der Waals surface area contributed by atoms with Crippen LogP contribution in [0.4, 0.5) is 0 Å². The van der Waals surface area contributed by atoms with Crippen LogP contribution >= 0.6 is 0 Å². The topological polar surface area (TPSA) is 23.5 Å². The molecule has 2 fully saturated rings. The molecule has 23 heavy (non-hydrogen) atoms. The van der Waals surface area contributed by atoms with Crippen LogP contribution in [0.1, 0.15) is 36.8 Å². The fourth-order valence-corrected chi connectivity index (χ4v) is 4.78. The number of benzene rings is 2. The van der Waals surface area contributed by atoms with Crippen molar-refractivity contribution in [2.75, 3.05) is 7.05 Å². The normalized spacial score (nSPS) is 28.0. The Balaban J connectivity index is 1.78. The van der Waals surface area contributed by atoms with E-state index in [1.165, 1.54) is 12.8 Å². The highest BCUT2D eigenvalue weighted by Gasteiger charge is 2.48. The van der Waals surface area contributed by atoms with Crippen LogP contribution in [0.5, 0.6) is 0 Å². The third kappa shape index (κ3) is 2.41. The molecular formula is C21H25NO. The Morgan fingerprint density at radius 3 is 1.70 bits per heavy atom. The van der Waals surface area contributed by atoms with E-state index in [-0.39, 0.29) is 5.92 Å². The van der Waals surface area contributed by atoms with Crippen LogP contribution in [0.2, 0.25) is 0 Å². The van der Waals surface area contributed by atoms with Gasteiger partial charge in [-0.05, 0) is 49.8 Å². The summed E-state index contributed by atoms with van der Waals surface area (Å²) in [5, 5.41) is 11.9. The highest BCUT2D eigenvalue weighted by atomic mass is 16.3. The average molecular weight is 307 g/mol. The number of piperidine rings is 1. The Bertz CT molecular complexity index is 601. The van der Waals surface area contributed by atoms with E-state index >= 15 is 0 Å². The standard InChI is InChI=1S/C21H25NO/c1-22-19-12-13-20(22)15-18(14-19)21(23,16-8-4-2-5-9-16)17-10-6-3-7-11-17/h2-11,18-20,23H,12-15H2,1H3/t18?,19-,20+. The van der Waals surface area contributed by atoms with Crippen LogP contribution in [0.3, 0.4) is 0 Å². The Hall–Kier alpha value is -1.64. The molecule has 2 saturated heterocycles. The van der Waals surface area contributed by atoms with Crippen LogP contribution in [0.15, 0.2) is 60.7 Å². The molecule has 2 heterocycles. The third-order valence-electron chi connectivity index (χ3n) is 6.12. The van der Waals surface area contributed by atoms with E-state index in [1.807, 2.05) is 36.4 Å². The Morgan fingerprint density at radius 2 is 1.26 bits per heavy atom. The maximum absolute atomic E-state index is 11.9. The van der Waals surface area contributed by atoms with Crippen molar-refractivity contribution in [2.24, 2.45) is 5.92 Å². The van der Waals surface area contributed by atoms with Gasteiger partial charge in [0.15, 0.2) is 0 Å². The Morgan fingerprint density at radius 1 is 0.826 bits per heavy atom. The van der Waals surface area contributed by atoms with Gasteiger partial charge in [0, 0.05) is 12.1 Å². The van der Waals surface area contributed by atoms with Crippen molar-refractivity contribution in [1.29, 1.82) is 0 Å². The van der Waals surface area contributed by atoms with Crippen LogP contribution in [0.25, 0.3) is 0 Å². The van der Waals surface area contributed by atoms with Gasteiger partial charge in [-0.25, -0.2) is 0 Å². The molecule has 2 aromatic carbocycles. The summed E-state index contributed by atoms with van der Waals surface area (Å²) in [5.41, 5.74) is 1.17. The largest absolute Gasteiger partial charge is 0.380 e. The van der Waals surface area contributed by atoms with Crippen LogP contribution in [-0.4, -0.2) is 29.1 Å². The summed E-state index contributed by atoms with van der Waals surface area (Å²) in [6.07, 6.45) is 4.70. The van der Waals surface area contributed by atoms with E-state index in [0.29, 0.717) is 12.1 Å². The molecule has 0 aromatic heterocycles. The van der Waals surface area contributed by atoms with E-state index in [2.05, 4.69) is 36.2 Å². The van der Waals surface area contributed by atoms with Gasteiger partial charge in [-0.3, -0.25) is 0 Å². The molecule has 2 nitrogen and oxygen atoms in total. The number of hydrogen-bond donors (Lipinski definition) is 1. The summed E-state index contributed by atoms with van der Waals surface area (Å²) in [6, 6.07) is 21.7. The van der Waals surface area contributed by atoms with Gasteiger partial charge < -0.3 is 10.0 Å². The summed E-state index contributed by atoms with van der Waals surface area (Å²) < 4.78 is 0. The minimum Gasteiger partial charge on any atom is -0.380 e. The second-order valence-electron chi connectivity index (χ2n) is 7.22.